The Bertz CT molecular complexity index is 817. The van der Waals surface area contributed by atoms with Crippen LogP contribution in [0, 0.1) is 0 Å². The lowest BCUT2D eigenvalue weighted by atomic mass is 10.2. The van der Waals surface area contributed by atoms with E-state index in [1.54, 1.807) is 28.4 Å². The van der Waals surface area contributed by atoms with E-state index in [1.807, 2.05) is 18.2 Å². The lowest BCUT2D eigenvalue weighted by Gasteiger charge is -2.19. The number of likely N-dealkylation sites (tertiary alicyclic amines) is 1. The Balaban J connectivity index is 1.49. The fraction of sp³-hybridized carbons (Fsp3) is 0.435. The zero-order valence-electron chi connectivity index (χ0n) is 18.3. The molecule has 2 aromatic rings. The maximum Gasteiger partial charge on any atom is 0.191 e. The minimum absolute atomic E-state index is 0.361. The van der Waals surface area contributed by atoms with Gasteiger partial charge >= 0.3 is 0 Å². The van der Waals surface area contributed by atoms with Crippen molar-refractivity contribution < 1.29 is 14.2 Å². The SMILES string of the molecule is CN=C(NCc1ccc(OC)cc1)NC1CCN(Cc2cc(OC)cc(OC)c2)C1. The van der Waals surface area contributed by atoms with Crippen LogP contribution in [-0.2, 0) is 13.1 Å². The molecular weight excluding hydrogens is 380 g/mol. The van der Waals surface area contributed by atoms with Gasteiger partial charge in [0.2, 0.25) is 0 Å². The van der Waals surface area contributed by atoms with Gasteiger partial charge < -0.3 is 24.8 Å². The Morgan fingerprint density at radius 3 is 2.23 bits per heavy atom. The summed E-state index contributed by atoms with van der Waals surface area (Å²) in [7, 11) is 6.84. The first kappa shape index (κ1) is 21.8. The lowest BCUT2D eigenvalue weighted by molar-refractivity contribution is 0.321. The molecular formula is C23H32N4O3. The van der Waals surface area contributed by atoms with E-state index in [-0.39, 0.29) is 0 Å². The van der Waals surface area contributed by atoms with Gasteiger partial charge in [0.15, 0.2) is 5.96 Å². The molecule has 30 heavy (non-hydrogen) atoms. The molecule has 7 heteroatoms. The molecule has 1 atom stereocenters. The summed E-state index contributed by atoms with van der Waals surface area (Å²) in [4.78, 5) is 6.81. The summed E-state index contributed by atoms with van der Waals surface area (Å²) >= 11 is 0. The molecule has 0 bridgehead atoms. The van der Waals surface area contributed by atoms with E-state index in [0.717, 1.165) is 49.3 Å². The van der Waals surface area contributed by atoms with Crippen molar-refractivity contribution in [2.24, 2.45) is 4.99 Å². The predicted molar refractivity (Wildman–Crippen MR) is 120 cm³/mol. The molecule has 0 aliphatic carbocycles. The van der Waals surface area contributed by atoms with Crippen molar-refractivity contribution in [2.45, 2.75) is 25.6 Å². The molecule has 0 spiro atoms. The van der Waals surface area contributed by atoms with Crippen molar-refractivity contribution in [3.63, 3.8) is 0 Å². The molecule has 0 amide bonds. The van der Waals surface area contributed by atoms with Crippen molar-refractivity contribution in [3.05, 3.63) is 53.6 Å². The molecule has 1 fully saturated rings. The molecule has 162 valence electrons. The summed E-state index contributed by atoms with van der Waals surface area (Å²) < 4.78 is 16.0. The molecule has 1 saturated heterocycles. The highest BCUT2D eigenvalue weighted by molar-refractivity contribution is 5.80. The Morgan fingerprint density at radius 1 is 0.967 bits per heavy atom. The Morgan fingerprint density at radius 2 is 1.63 bits per heavy atom. The van der Waals surface area contributed by atoms with Crippen LogP contribution in [0.4, 0.5) is 0 Å². The third kappa shape index (κ3) is 6.03. The topological polar surface area (TPSA) is 67.4 Å². The van der Waals surface area contributed by atoms with Gasteiger partial charge in [-0.2, -0.15) is 0 Å². The van der Waals surface area contributed by atoms with Gasteiger partial charge in [-0.25, -0.2) is 0 Å². The summed E-state index contributed by atoms with van der Waals surface area (Å²) in [6.45, 7) is 3.57. The van der Waals surface area contributed by atoms with Gasteiger partial charge in [0, 0.05) is 45.3 Å². The Hall–Kier alpha value is -2.93. The summed E-state index contributed by atoms with van der Waals surface area (Å²) in [6.07, 6.45) is 1.07. The van der Waals surface area contributed by atoms with Crippen LogP contribution in [0.25, 0.3) is 0 Å². The largest absolute Gasteiger partial charge is 0.497 e. The maximum absolute atomic E-state index is 5.38. The third-order valence-corrected chi connectivity index (χ3v) is 5.27. The van der Waals surface area contributed by atoms with Crippen LogP contribution >= 0.6 is 0 Å². The standard InChI is InChI=1S/C23H32N4O3/c1-24-23(25-14-17-5-7-20(28-2)8-6-17)26-19-9-10-27(16-19)15-18-11-21(29-3)13-22(12-18)30-4/h5-8,11-13,19H,9-10,14-16H2,1-4H3,(H2,24,25,26). The van der Waals surface area contributed by atoms with Gasteiger partial charge in [-0.1, -0.05) is 12.1 Å². The average molecular weight is 413 g/mol. The van der Waals surface area contributed by atoms with Gasteiger partial charge in [-0.3, -0.25) is 9.89 Å². The molecule has 1 aliphatic heterocycles. The Labute approximate surface area is 179 Å². The number of methoxy groups -OCH3 is 3. The molecule has 3 rings (SSSR count). The summed E-state index contributed by atoms with van der Waals surface area (Å²) in [5, 5.41) is 6.93. The molecule has 0 radical (unpaired) electrons. The Kier molecular flexibility index (Phi) is 7.79. The van der Waals surface area contributed by atoms with Crippen LogP contribution in [-0.4, -0.2) is 58.4 Å². The van der Waals surface area contributed by atoms with Crippen molar-refractivity contribution in [1.82, 2.24) is 15.5 Å². The molecule has 1 aliphatic rings. The fourth-order valence-corrected chi connectivity index (χ4v) is 3.63. The van der Waals surface area contributed by atoms with E-state index < -0.39 is 0 Å². The zero-order chi connectivity index (χ0) is 21.3. The van der Waals surface area contributed by atoms with E-state index in [0.29, 0.717) is 12.6 Å². The summed E-state index contributed by atoms with van der Waals surface area (Å²) in [5.74, 6) is 3.32. The van der Waals surface area contributed by atoms with E-state index in [1.165, 1.54) is 11.1 Å². The van der Waals surface area contributed by atoms with Gasteiger partial charge in [0.25, 0.3) is 0 Å². The van der Waals surface area contributed by atoms with E-state index >= 15 is 0 Å². The number of ether oxygens (including phenoxy) is 3. The van der Waals surface area contributed by atoms with Crippen molar-refractivity contribution in [1.29, 1.82) is 0 Å². The number of hydrogen-bond donors (Lipinski definition) is 2. The molecule has 1 unspecified atom stereocenters. The van der Waals surface area contributed by atoms with Crippen LogP contribution in [0.1, 0.15) is 17.5 Å². The molecule has 2 aromatic carbocycles. The van der Waals surface area contributed by atoms with Gasteiger partial charge in [-0.15, -0.1) is 0 Å². The highest BCUT2D eigenvalue weighted by Crippen LogP contribution is 2.24. The molecule has 0 aromatic heterocycles. The normalized spacial score (nSPS) is 16.9. The highest BCUT2D eigenvalue weighted by atomic mass is 16.5. The van der Waals surface area contributed by atoms with Crippen LogP contribution < -0.4 is 24.8 Å². The lowest BCUT2D eigenvalue weighted by Crippen LogP contribution is -2.44. The molecule has 2 N–H and O–H groups in total. The first-order chi connectivity index (χ1) is 14.6. The van der Waals surface area contributed by atoms with Gasteiger partial charge in [0.1, 0.15) is 17.2 Å². The molecule has 1 heterocycles. The smallest absolute Gasteiger partial charge is 0.191 e. The average Bonchev–Trinajstić information content (AvgIpc) is 3.23. The highest BCUT2D eigenvalue weighted by Gasteiger charge is 2.23. The van der Waals surface area contributed by atoms with Gasteiger partial charge in [0.05, 0.1) is 21.3 Å². The second-order valence-corrected chi connectivity index (χ2v) is 7.36. The number of rotatable bonds is 8. The van der Waals surface area contributed by atoms with Crippen LogP contribution in [0.5, 0.6) is 17.2 Å². The van der Waals surface area contributed by atoms with Crippen molar-refractivity contribution in [2.75, 3.05) is 41.5 Å². The maximum atomic E-state index is 5.38. The van der Waals surface area contributed by atoms with E-state index in [9.17, 15) is 0 Å². The monoisotopic (exact) mass is 412 g/mol. The van der Waals surface area contributed by atoms with E-state index in [4.69, 9.17) is 14.2 Å². The third-order valence-electron chi connectivity index (χ3n) is 5.27. The second kappa shape index (κ2) is 10.7. The number of nitrogens with one attached hydrogen (secondary N) is 2. The quantitative estimate of drug-likeness (QED) is 0.513. The minimum Gasteiger partial charge on any atom is -0.497 e. The van der Waals surface area contributed by atoms with Crippen LogP contribution in [0.15, 0.2) is 47.5 Å². The second-order valence-electron chi connectivity index (χ2n) is 7.36. The minimum atomic E-state index is 0.361. The van der Waals surface area contributed by atoms with Crippen molar-refractivity contribution in [3.8, 4) is 17.2 Å². The summed E-state index contributed by atoms with van der Waals surface area (Å²) in [6, 6.07) is 14.4. The van der Waals surface area contributed by atoms with E-state index in [2.05, 4.69) is 44.8 Å². The number of hydrogen-bond acceptors (Lipinski definition) is 5. The predicted octanol–water partition coefficient (Wildman–Crippen LogP) is 2.65. The molecule has 0 saturated carbocycles. The first-order valence-corrected chi connectivity index (χ1v) is 10.2. The summed E-state index contributed by atoms with van der Waals surface area (Å²) in [5.41, 5.74) is 2.37. The number of guanidine groups is 1. The number of aliphatic imine (C=N–C) groups is 1. The fourth-order valence-electron chi connectivity index (χ4n) is 3.63. The zero-order valence-corrected chi connectivity index (χ0v) is 18.3. The number of nitrogens with zero attached hydrogens (tertiary/aromatic N) is 2. The van der Waals surface area contributed by atoms with Crippen LogP contribution in [0.3, 0.4) is 0 Å². The van der Waals surface area contributed by atoms with Crippen molar-refractivity contribution >= 4 is 5.96 Å². The first-order valence-electron chi connectivity index (χ1n) is 10.2. The van der Waals surface area contributed by atoms with Crippen LogP contribution in [0.2, 0.25) is 0 Å². The molecule has 7 nitrogen and oxygen atoms in total. The van der Waals surface area contributed by atoms with Gasteiger partial charge in [-0.05, 0) is 41.8 Å². The number of benzene rings is 2.